The van der Waals surface area contributed by atoms with Crippen LogP contribution >= 0.6 is 11.8 Å². The van der Waals surface area contributed by atoms with Gasteiger partial charge < -0.3 is 15.9 Å². The molecule has 0 aliphatic rings. The average molecular weight is 227 g/mol. The third-order valence-corrected chi connectivity index (χ3v) is 2.99. The maximum absolute atomic E-state index is 9.74. The van der Waals surface area contributed by atoms with E-state index >= 15 is 0 Å². The van der Waals surface area contributed by atoms with Crippen molar-refractivity contribution in [2.45, 2.75) is 24.0 Å². The summed E-state index contributed by atoms with van der Waals surface area (Å²) in [6.07, 6.45) is -1.79. The van der Waals surface area contributed by atoms with E-state index in [9.17, 15) is 10.2 Å². The lowest BCUT2D eigenvalue weighted by Crippen LogP contribution is -2.27. The molecule has 0 spiro atoms. The zero-order chi connectivity index (χ0) is 11.3. The van der Waals surface area contributed by atoms with Crippen LogP contribution in [0.2, 0.25) is 0 Å². The van der Waals surface area contributed by atoms with Gasteiger partial charge in [-0.25, -0.2) is 0 Å². The van der Waals surface area contributed by atoms with E-state index in [-0.39, 0.29) is 6.54 Å². The van der Waals surface area contributed by atoms with Gasteiger partial charge in [0.25, 0.3) is 0 Å². The van der Waals surface area contributed by atoms with Crippen molar-refractivity contribution in [1.82, 2.24) is 0 Å². The molecule has 0 heterocycles. The van der Waals surface area contributed by atoms with Crippen molar-refractivity contribution in [1.29, 1.82) is 0 Å². The first-order valence-corrected chi connectivity index (χ1v) is 5.96. The number of thioether (sulfide) groups is 1. The molecule has 0 aromatic heterocycles. The van der Waals surface area contributed by atoms with E-state index in [1.165, 1.54) is 0 Å². The molecule has 0 bridgehead atoms. The number of hydrogen-bond donors (Lipinski definition) is 3. The second-order valence-corrected chi connectivity index (χ2v) is 4.59. The van der Waals surface area contributed by atoms with Crippen molar-refractivity contribution < 1.29 is 10.2 Å². The van der Waals surface area contributed by atoms with Crippen molar-refractivity contribution in [3.8, 4) is 0 Å². The number of aliphatic hydroxyl groups is 2. The third-order valence-electron chi connectivity index (χ3n) is 2.12. The molecule has 0 aliphatic carbocycles. The third kappa shape index (κ3) is 3.50. The molecule has 0 radical (unpaired) electrons. The molecule has 2 atom stereocenters. The molecule has 4 heteroatoms. The van der Waals surface area contributed by atoms with Crippen molar-refractivity contribution >= 4 is 11.8 Å². The second-order valence-electron chi connectivity index (χ2n) is 3.25. The minimum Gasteiger partial charge on any atom is -0.389 e. The monoisotopic (exact) mass is 227 g/mol. The summed E-state index contributed by atoms with van der Waals surface area (Å²) in [5.41, 5.74) is 6.01. The summed E-state index contributed by atoms with van der Waals surface area (Å²) in [4.78, 5) is 1.10. The molecule has 2 unspecified atom stereocenters. The summed E-state index contributed by atoms with van der Waals surface area (Å²) in [6, 6.07) is 7.54. The Morgan fingerprint density at radius 1 is 1.40 bits per heavy atom. The Labute approximate surface area is 94.3 Å². The van der Waals surface area contributed by atoms with Crippen LogP contribution in [-0.4, -0.2) is 28.6 Å². The molecule has 0 saturated heterocycles. The summed E-state index contributed by atoms with van der Waals surface area (Å²) in [6.45, 7) is 2.13. The highest BCUT2D eigenvalue weighted by Gasteiger charge is 2.16. The largest absolute Gasteiger partial charge is 0.389 e. The quantitative estimate of drug-likeness (QED) is 0.660. The van der Waals surface area contributed by atoms with Gasteiger partial charge in [-0.1, -0.05) is 19.1 Å². The molecular formula is C11H17NO2S. The number of benzene rings is 1. The molecular weight excluding hydrogens is 210 g/mol. The van der Waals surface area contributed by atoms with Crippen molar-refractivity contribution in [2.75, 3.05) is 12.3 Å². The van der Waals surface area contributed by atoms with Gasteiger partial charge in [-0.2, -0.15) is 0 Å². The first-order valence-electron chi connectivity index (χ1n) is 4.98. The first-order chi connectivity index (χ1) is 7.19. The molecule has 0 aliphatic heterocycles. The Morgan fingerprint density at radius 3 is 2.73 bits per heavy atom. The fourth-order valence-electron chi connectivity index (χ4n) is 1.31. The van der Waals surface area contributed by atoms with E-state index in [0.717, 1.165) is 10.6 Å². The molecule has 0 saturated carbocycles. The molecule has 15 heavy (non-hydrogen) atoms. The van der Waals surface area contributed by atoms with Crippen LogP contribution in [0.3, 0.4) is 0 Å². The van der Waals surface area contributed by atoms with Crippen LogP contribution in [0.4, 0.5) is 0 Å². The fraction of sp³-hybridized carbons (Fsp3) is 0.455. The van der Waals surface area contributed by atoms with Crippen LogP contribution < -0.4 is 5.73 Å². The van der Waals surface area contributed by atoms with Gasteiger partial charge in [0.1, 0.15) is 6.10 Å². The number of rotatable bonds is 5. The Morgan fingerprint density at radius 2 is 2.13 bits per heavy atom. The standard InChI is InChI=1S/C11H17NO2S/c1-2-15-9-5-3-4-8(6-9)11(14)10(13)7-12/h3-6,10-11,13-14H,2,7,12H2,1H3. The van der Waals surface area contributed by atoms with Crippen LogP contribution in [0.5, 0.6) is 0 Å². The van der Waals surface area contributed by atoms with E-state index in [0.29, 0.717) is 5.56 Å². The minimum atomic E-state index is -0.896. The van der Waals surface area contributed by atoms with Gasteiger partial charge in [0, 0.05) is 11.4 Å². The van der Waals surface area contributed by atoms with Crippen LogP contribution in [0.15, 0.2) is 29.2 Å². The number of hydrogen-bond acceptors (Lipinski definition) is 4. The van der Waals surface area contributed by atoms with Gasteiger partial charge in [-0.05, 0) is 23.4 Å². The molecule has 0 fully saturated rings. The van der Waals surface area contributed by atoms with Crippen molar-refractivity contribution in [3.05, 3.63) is 29.8 Å². The van der Waals surface area contributed by atoms with Crippen LogP contribution in [-0.2, 0) is 0 Å². The van der Waals surface area contributed by atoms with E-state index < -0.39 is 12.2 Å². The summed E-state index contributed by atoms with van der Waals surface area (Å²) >= 11 is 1.70. The first kappa shape index (κ1) is 12.5. The zero-order valence-corrected chi connectivity index (χ0v) is 9.57. The lowest BCUT2D eigenvalue weighted by Gasteiger charge is -2.16. The van der Waals surface area contributed by atoms with Crippen molar-refractivity contribution in [2.24, 2.45) is 5.73 Å². The Bertz CT molecular complexity index is 306. The predicted molar refractivity (Wildman–Crippen MR) is 62.9 cm³/mol. The van der Waals surface area contributed by atoms with E-state index in [1.54, 1.807) is 17.8 Å². The van der Waals surface area contributed by atoms with E-state index in [4.69, 9.17) is 5.73 Å². The van der Waals surface area contributed by atoms with Gasteiger partial charge in [0.05, 0.1) is 6.10 Å². The molecule has 84 valence electrons. The van der Waals surface area contributed by atoms with E-state index in [1.807, 2.05) is 18.2 Å². The number of nitrogens with two attached hydrogens (primary N) is 1. The molecule has 1 rings (SSSR count). The molecule has 3 nitrogen and oxygen atoms in total. The lowest BCUT2D eigenvalue weighted by molar-refractivity contribution is 0.0242. The Balaban J connectivity index is 2.80. The second kappa shape index (κ2) is 6.12. The highest BCUT2D eigenvalue weighted by Crippen LogP contribution is 2.23. The average Bonchev–Trinajstić information content (AvgIpc) is 2.28. The van der Waals surface area contributed by atoms with Gasteiger partial charge in [-0.15, -0.1) is 11.8 Å². The topological polar surface area (TPSA) is 66.5 Å². The van der Waals surface area contributed by atoms with Gasteiger partial charge in [-0.3, -0.25) is 0 Å². The Kier molecular flexibility index (Phi) is 5.11. The van der Waals surface area contributed by atoms with Gasteiger partial charge in [0.2, 0.25) is 0 Å². The Hall–Kier alpha value is -0.550. The van der Waals surface area contributed by atoms with Crippen LogP contribution in [0.1, 0.15) is 18.6 Å². The maximum Gasteiger partial charge on any atom is 0.106 e. The lowest BCUT2D eigenvalue weighted by atomic mass is 10.0. The highest BCUT2D eigenvalue weighted by molar-refractivity contribution is 7.99. The number of aliphatic hydroxyl groups excluding tert-OH is 2. The van der Waals surface area contributed by atoms with Crippen LogP contribution in [0, 0.1) is 0 Å². The summed E-state index contributed by atoms with van der Waals surface area (Å²) in [5, 5.41) is 19.2. The minimum absolute atomic E-state index is 0.0618. The predicted octanol–water partition coefficient (Wildman–Crippen LogP) is 1.15. The SMILES string of the molecule is CCSc1cccc(C(O)C(O)CN)c1. The summed E-state index contributed by atoms with van der Waals surface area (Å²) < 4.78 is 0. The summed E-state index contributed by atoms with van der Waals surface area (Å²) in [5.74, 6) is 0.985. The van der Waals surface area contributed by atoms with E-state index in [2.05, 4.69) is 6.92 Å². The highest BCUT2D eigenvalue weighted by atomic mass is 32.2. The molecule has 1 aromatic carbocycles. The molecule has 0 amide bonds. The maximum atomic E-state index is 9.74. The molecule has 4 N–H and O–H groups in total. The fourth-order valence-corrected chi connectivity index (χ4v) is 2.03. The normalized spacial score (nSPS) is 14.9. The van der Waals surface area contributed by atoms with Crippen molar-refractivity contribution in [3.63, 3.8) is 0 Å². The van der Waals surface area contributed by atoms with Gasteiger partial charge in [0.15, 0.2) is 0 Å². The van der Waals surface area contributed by atoms with Crippen LogP contribution in [0.25, 0.3) is 0 Å². The van der Waals surface area contributed by atoms with Gasteiger partial charge >= 0.3 is 0 Å². The zero-order valence-electron chi connectivity index (χ0n) is 8.76. The summed E-state index contributed by atoms with van der Waals surface area (Å²) in [7, 11) is 0. The smallest absolute Gasteiger partial charge is 0.106 e. The molecule has 1 aromatic rings.